The lowest BCUT2D eigenvalue weighted by Gasteiger charge is -2.23. The summed E-state index contributed by atoms with van der Waals surface area (Å²) in [5.74, 6) is -1.34. The summed E-state index contributed by atoms with van der Waals surface area (Å²) in [7, 11) is 0. The van der Waals surface area contributed by atoms with E-state index in [0.717, 1.165) is 5.56 Å². The van der Waals surface area contributed by atoms with Gasteiger partial charge in [-0.15, -0.1) is 0 Å². The molecule has 5 heteroatoms. The number of benzene rings is 1. The van der Waals surface area contributed by atoms with E-state index in [4.69, 9.17) is 16.2 Å². The number of esters is 1. The zero-order chi connectivity index (χ0) is 13.8. The number of hydrogen-bond acceptors (Lipinski definition) is 4. The van der Waals surface area contributed by atoms with Crippen LogP contribution in [0.15, 0.2) is 30.3 Å². The Morgan fingerprint density at radius 3 is 2.33 bits per heavy atom. The van der Waals surface area contributed by atoms with Gasteiger partial charge in [-0.25, -0.2) is 0 Å². The van der Waals surface area contributed by atoms with Crippen LogP contribution in [0.2, 0.25) is 0 Å². The fourth-order valence-corrected chi connectivity index (χ4v) is 1.33. The SMILES string of the molecule is CC(C)(OC(=O)C(N)Cc1ccccc1)C(N)=O. The molecule has 0 radical (unpaired) electrons. The standard InChI is InChI=1S/C13H18N2O3/c1-13(2,12(15)17)18-11(16)10(14)8-9-6-4-3-5-7-9/h3-7,10H,8,14H2,1-2H3,(H2,15,17). The van der Waals surface area contributed by atoms with Crippen molar-refractivity contribution < 1.29 is 14.3 Å². The molecule has 1 amide bonds. The lowest BCUT2D eigenvalue weighted by Crippen LogP contribution is -2.46. The van der Waals surface area contributed by atoms with E-state index in [2.05, 4.69) is 0 Å². The molecule has 0 aromatic heterocycles. The van der Waals surface area contributed by atoms with Crippen LogP contribution < -0.4 is 11.5 Å². The molecule has 0 saturated heterocycles. The Labute approximate surface area is 106 Å². The Morgan fingerprint density at radius 1 is 1.28 bits per heavy atom. The highest BCUT2D eigenvalue weighted by Crippen LogP contribution is 2.11. The first kappa shape index (κ1) is 14.2. The second kappa shape index (κ2) is 5.64. The Morgan fingerprint density at radius 2 is 1.83 bits per heavy atom. The predicted molar refractivity (Wildman–Crippen MR) is 67.5 cm³/mol. The van der Waals surface area contributed by atoms with Crippen LogP contribution >= 0.6 is 0 Å². The Kier molecular flexibility index (Phi) is 4.44. The first-order chi connectivity index (χ1) is 8.33. The maximum Gasteiger partial charge on any atom is 0.324 e. The molecule has 1 atom stereocenters. The zero-order valence-corrected chi connectivity index (χ0v) is 10.6. The van der Waals surface area contributed by atoms with E-state index < -0.39 is 23.5 Å². The molecule has 5 nitrogen and oxygen atoms in total. The van der Waals surface area contributed by atoms with Crippen molar-refractivity contribution in [2.75, 3.05) is 0 Å². The molecule has 1 unspecified atom stereocenters. The van der Waals surface area contributed by atoms with Crippen LogP contribution in [0.3, 0.4) is 0 Å². The molecular weight excluding hydrogens is 232 g/mol. The molecule has 0 heterocycles. The van der Waals surface area contributed by atoms with Crippen molar-refractivity contribution in [1.29, 1.82) is 0 Å². The van der Waals surface area contributed by atoms with Crippen molar-refractivity contribution in [2.24, 2.45) is 11.5 Å². The predicted octanol–water partition coefficient (Wildman–Crippen LogP) is 0.364. The molecule has 0 fully saturated rings. The second-order valence-electron chi connectivity index (χ2n) is 4.59. The number of hydrogen-bond donors (Lipinski definition) is 2. The summed E-state index contributed by atoms with van der Waals surface area (Å²) >= 11 is 0. The molecule has 4 N–H and O–H groups in total. The highest BCUT2D eigenvalue weighted by molar-refractivity contribution is 5.86. The Balaban J connectivity index is 2.60. The molecule has 0 saturated carbocycles. The van der Waals surface area contributed by atoms with Gasteiger partial charge < -0.3 is 16.2 Å². The maximum absolute atomic E-state index is 11.7. The molecule has 98 valence electrons. The minimum absolute atomic E-state index is 0.356. The van der Waals surface area contributed by atoms with Gasteiger partial charge in [0.15, 0.2) is 5.60 Å². The number of nitrogens with two attached hydrogens (primary N) is 2. The summed E-state index contributed by atoms with van der Waals surface area (Å²) in [5.41, 5.74) is 10.4. The first-order valence-electron chi connectivity index (χ1n) is 5.65. The zero-order valence-electron chi connectivity index (χ0n) is 10.6. The quantitative estimate of drug-likeness (QED) is 0.738. The normalized spacial score (nSPS) is 12.8. The number of ether oxygens (including phenoxy) is 1. The van der Waals surface area contributed by atoms with Crippen LogP contribution in [0.5, 0.6) is 0 Å². The van der Waals surface area contributed by atoms with E-state index in [0.29, 0.717) is 6.42 Å². The number of carbonyl (C=O) groups is 2. The van der Waals surface area contributed by atoms with Crippen LogP contribution in [-0.4, -0.2) is 23.5 Å². The average Bonchev–Trinajstić information content (AvgIpc) is 2.29. The molecule has 1 aromatic rings. The van der Waals surface area contributed by atoms with Crippen molar-refractivity contribution >= 4 is 11.9 Å². The smallest absolute Gasteiger partial charge is 0.324 e. The number of amides is 1. The summed E-state index contributed by atoms with van der Waals surface area (Å²) in [6.45, 7) is 2.87. The molecule has 1 rings (SSSR count). The topological polar surface area (TPSA) is 95.4 Å². The molecule has 0 aliphatic heterocycles. The van der Waals surface area contributed by atoms with Gasteiger partial charge in [-0.3, -0.25) is 9.59 Å². The Bertz CT molecular complexity index is 429. The van der Waals surface area contributed by atoms with Gasteiger partial charge in [0, 0.05) is 0 Å². The third-order valence-corrected chi connectivity index (χ3v) is 2.55. The molecular formula is C13H18N2O3. The van der Waals surface area contributed by atoms with Gasteiger partial charge in [0.25, 0.3) is 5.91 Å². The van der Waals surface area contributed by atoms with E-state index in [1.807, 2.05) is 30.3 Å². The van der Waals surface area contributed by atoms with E-state index in [-0.39, 0.29) is 0 Å². The third kappa shape index (κ3) is 3.85. The van der Waals surface area contributed by atoms with Gasteiger partial charge in [0.1, 0.15) is 6.04 Å². The minimum Gasteiger partial charge on any atom is -0.448 e. The van der Waals surface area contributed by atoms with Crippen molar-refractivity contribution in [2.45, 2.75) is 31.9 Å². The third-order valence-electron chi connectivity index (χ3n) is 2.55. The van der Waals surface area contributed by atoms with E-state index >= 15 is 0 Å². The van der Waals surface area contributed by atoms with Crippen molar-refractivity contribution in [3.8, 4) is 0 Å². The fraction of sp³-hybridized carbons (Fsp3) is 0.385. The molecule has 18 heavy (non-hydrogen) atoms. The highest BCUT2D eigenvalue weighted by Gasteiger charge is 2.31. The summed E-state index contributed by atoms with van der Waals surface area (Å²) in [4.78, 5) is 22.8. The van der Waals surface area contributed by atoms with Crippen LogP contribution in [0.4, 0.5) is 0 Å². The van der Waals surface area contributed by atoms with Crippen molar-refractivity contribution in [3.05, 3.63) is 35.9 Å². The van der Waals surface area contributed by atoms with Crippen LogP contribution in [0.25, 0.3) is 0 Å². The summed E-state index contributed by atoms with van der Waals surface area (Å²) in [6, 6.07) is 8.52. The van der Waals surface area contributed by atoms with Gasteiger partial charge in [-0.05, 0) is 25.8 Å². The van der Waals surface area contributed by atoms with Gasteiger partial charge in [0.2, 0.25) is 0 Å². The van der Waals surface area contributed by atoms with Crippen molar-refractivity contribution in [3.63, 3.8) is 0 Å². The number of carbonyl (C=O) groups excluding carboxylic acids is 2. The van der Waals surface area contributed by atoms with E-state index in [9.17, 15) is 9.59 Å². The van der Waals surface area contributed by atoms with Crippen LogP contribution in [0, 0.1) is 0 Å². The summed E-state index contributed by atoms with van der Waals surface area (Å²) < 4.78 is 4.99. The average molecular weight is 250 g/mol. The monoisotopic (exact) mass is 250 g/mol. The molecule has 0 aliphatic rings. The molecule has 1 aromatic carbocycles. The maximum atomic E-state index is 11.7. The lowest BCUT2D eigenvalue weighted by molar-refractivity contribution is -0.164. The number of primary amides is 1. The van der Waals surface area contributed by atoms with Gasteiger partial charge in [-0.1, -0.05) is 30.3 Å². The van der Waals surface area contributed by atoms with Gasteiger partial charge in [-0.2, -0.15) is 0 Å². The molecule has 0 spiro atoms. The second-order valence-corrected chi connectivity index (χ2v) is 4.59. The van der Waals surface area contributed by atoms with Gasteiger partial charge in [0.05, 0.1) is 0 Å². The van der Waals surface area contributed by atoms with Gasteiger partial charge >= 0.3 is 5.97 Å². The van der Waals surface area contributed by atoms with Crippen LogP contribution in [-0.2, 0) is 20.7 Å². The summed E-state index contributed by atoms with van der Waals surface area (Å²) in [5, 5.41) is 0. The minimum atomic E-state index is -1.34. The van der Waals surface area contributed by atoms with E-state index in [1.54, 1.807) is 0 Å². The molecule has 0 bridgehead atoms. The number of rotatable bonds is 5. The largest absolute Gasteiger partial charge is 0.448 e. The van der Waals surface area contributed by atoms with Crippen molar-refractivity contribution in [1.82, 2.24) is 0 Å². The lowest BCUT2D eigenvalue weighted by atomic mass is 10.1. The van der Waals surface area contributed by atoms with Crippen LogP contribution in [0.1, 0.15) is 19.4 Å². The van der Waals surface area contributed by atoms with E-state index in [1.165, 1.54) is 13.8 Å². The Hall–Kier alpha value is -1.88. The highest BCUT2D eigenvalue weighted by atomic mass is 16.6. The summed E-state index contributed by atoms with van der Waals surface area (Å²) in [6.07, 6.45) is 0.356. The fourth-order valence-electron chi connectivity index (χ4n) is 1.33. The molecule has 0 aliphatic carbocycles. The first-order valence-corrected chi connectivity index (χ1v) is 5.65.